The predicted molar refractivity (Wildman–Crippen MR) is 89.6 cm³/mol. The molecule has 4 nitrogen and oxygen atoms in total. The first-order valence-electron chi connectivity index (χ1n) is 6.40. The maximum Gasteiger partial charge on any atom is 0.255 e. The van der Waals surface area contributed by atoms with Gasteiger partial charge in [-0.2, -0.15) is 0 Å². The van der Waals surface area contributed by atoms with E-state index in [0.717, 1.165) is 12.1 Å². The average molecular weight is 353 g/mol. The van der Waals surface area contributed by atoms with Crippen LogP contribution in [-0.4, -0.2) is 11.8 Å². The van der Waals surface area contributed by atoms with E-state index < -0.39 is 11.7 Å². The van der Waals surface area contributed by atoms with Crippen LogP contribution in [0.15, 0.2) is 49.1 Å². The molecule has 23 heavy (non-hydrogen) atoms. The second kappa shape index (κ2) is 7.26. The van der Waals surface area contributed by atoms with Crippen molar-refractivity contribution in [2.75, 3.05) is 10.6 Å². The van der Waals surface area contributed by atoms with Gasteiger partial charge in [-0.3, -0.25) is 9.59 Å². The number of anilines is 2. The van der Waals surface area contributed by atoms with E-state index in [4.69, 9.17) is 23.2 Å². The molecule has 0 aliphatic carbocycles. The molecule has 0 bridgehead atoms. The van der Waals surface area contributed by atoms with Crippen LogP contribution in [0.3, 0.4) is 0 Å². The first-order chi connectivity index (χ1) is 10.9. The van der Waals surface area contributed by atoms with Gasteiger partial charge in [-0.05, 0) is 42.5 Å². The Morgan fingerprint density at radius 3 is 2.26 bits per heavy atom. The van der Waals surface area contributed by atoms with Gasteiger partial charge in [0.1, 0.15) is 5.82 Å². The van der Waals surface area contributed by atoms with Crippen molar-refractivity contribution in [3.8, 4) is 0 Å². The number of hydrogen-bond donors (Lipinski definition) is 2. The number of halogens is 3. The van der Waals surface area contributed by atoms with E-state index in [9.17, 15) is 14.0 Å². The van der Waals surface area contributed by atoms with Crippen LogP contribution < -0.4 is 10.6 Å². The van der Waals surface area contributed by atoms with Gasteiger partial charge in [0, 0.05) is 11.3 Å². The Morgan fingerprint density at radius 2 is 1.65 bits per heavy atom. The highest BCUT2D eigenvalue weighted by molar-refractivity contribution is 6.42. The Balaban J connectivity index is 2.13. The summed E-state index contributed by atoms with van der Waals surface area (Å²) in [6, 6.07) is 8.32. The molecular formula is C16H11Cl2FN2O2. The molecule has 0 aliphatic rings. The van der Waals surface area contributed by atoms with Crippen molar-refractivity contribution >= 4 is 46.4 Å². The first kappa shape index (κ1) is 17.0. The third kappa shape index (κ3) is 4.31. The molecule has 0 spiro atoms. The van der Waals surface area contributed by atoms with E-state index in [1.54, 1.807) is 12.1 Å². The van der Waals surface area contributed by atoms with Gasteiger partial charge >= 0.3 is 0 Å². The molecule has 2 N–H and O–H groups in total. The van der Waals surface area contributed by atoms with Crippen molar-refractivity contribution in [1.82, 2.24) is 0 Å². The SMILES string of the molecule is C=CC(=O)Nc1ccc(C(=O)Nc2cc(Cl)c(Cl)cc2F)cc1. The maximum absolute atomic E-state index is 13.7. The number of benzene rings is 2. The number of rotatable bonds is 4. The Morgan fingerprint density at radius 1 is 1.04 bits per heavy atom. The lowest BCUT2D eigenvalue weighted by Crippen LogP contribution is -2.13. The van der Waals surface area contributed by atoms with Crippen LogP contribution in [0.4, 0.5) is 15.8 Å². The van der Waals surface area contributed by atoms with E-state index in [1.165, 1.54) is 18.2 Å². The monoisotopic (exact) mass is 352 g/mol. The largest absolute Gasteiger partial charge is 0.323 e. The fourth-order valence-corrected chi connectivity index (χ4v) is 2.03. The summed E-state index contributed by atoms with van der Waals surface area (Å²) in [5, 5.41) is 5.14. The molecule has 2 rings (SSSR count). The van der Waals surface area contributed by atoms with Crippen LogP contribution >= 0.6 is 23.2 Å². The number of nitrogens with one attached hydrogen (secondary N) is 2. The molecule has 0 heterocycles. The molecule has 2 amide bonds. The molecule has 2 aromatic carbocycles. The minimum atomic E-state index is -0.692. The van der Waals surface area contributed by atoms with Gasteiger partial charge in [0.25, 0.3) is 5.91 Å². The molecular weight excluding hydrogens is 342 g/mol. The van der Waals surface area contributed by atoms with Crippen LogP contribution in [0.1, 0.15) is 10.4 Å². The van der Waals surface area contributed by atoms with E-state index in [-0.39, 0.29) is 27.2 Å². The van der Waals surface area contributed by atoms with Gasteiger partial charge in [-0.1, -0.05) is 29.8 Å². The van der Waals surface area contributed by atoms with Crippen LogP contribution in [-0.2, 0) is 4.79 Å². The molecule has 0 atom stereocenters. The summed E-state index contributed by atoms with van der Waals surface area (Å²) in [4.78, 5) is 23.3. The van der Waals surface area contributed by atoms with E-state index in [0.29, 0.717) is 5.69 Å². The molecule has 0 aliphatic heterocycles. The zero-order chi connectivity index (χ0) is 17.0. The summed E-state index contributed by atoms with van der Waals surface area (Å²) in [6.45, 7) is 3.34. The Kier molecular flexibility index (Phi) is 5.36. The molecule has 0 fully saturated rings. The van der Waals surface area contributed by atoms with Crippen LogP contribution in [0.25, 0.3) is 0 Å². The lowest BCUT2D eigenvalue weighted by molar-refractivity contribution is -0.111. The second-order valence-electron chi connectivity index (χ2n) is 4.47. The minimum Gasteiger partial charge on any atom is -0.323 e. The molecule has 0 unspecified atom stereocenters. The Labute approximate surface area is 141 Å². The van der Waals surface area contributed by atoms with Gasteiger partial charge < -0.3 is 10.6 Å². The van der Waals surface area contributed by atoms with Gasteiger partial charge in [0.15, 0.2) is 0 Å². The third-order valence-electron chi connectivity index (χ3n) is 2.86. The van der Waals surface area contributed by atoms with Crippen LogP contribution in [0.5, 0.6) is 0 Å². The lowest BCUT2D eigenvalue weighted by Gasteiger charge is -2.09. The predicted octanol–water partition coefficient (Wildman–Crippen LogP) is 4.51. The Bertz CT molecular complexity index is 776. The molecule has 2 aromatic rings. The van der Waals surface area contributed by atoms with E-state index >= 15 is 0 Å². The molecule has 0 saturated carbocycles. The minimum absolute atomic E-state index is 0.0597. The molecule has 7 heteroatoms. The first-order valence-corrected chi connectivity index (χ1v) is 7.15. The summed E-state index contributed by atoms with van der Waals surface area (Å²) in [7, 11) is 0. The normalized spacial score (nSPS) is 10.0. The van der Waals surface area contributed by atoms with Crippen molar-refractivity contribution in [2.24, 2.45) is 0 Å². The zero-order valence-electron chi connectivity index (χ0n) is 11.7. The zero-order valence-corrected chi connectivity index (χ0v) is 13.2. The highest BCUT2D eigenvalue weighted by atomic mass is 35.5. The highest BCUT2D eigenvalue weighted by Gasteiger charge is 2.12. The molecule has 0 radical (unpaired) electrons. The number of carbonyl (C=O) groups excluding carboxylic acids is 2. The topological polar surface area (TPSA) is 58.2 Å². The van der Waals surface area contributed by atoms with Crippen molar-refractivity contribution in [3.63, 3.8) is 0 Å². The van der Waals surface area contributed by atoms with Crippen molar-refractivity contribution < 1.29 is 14.0 Å². The van der Waals surface area contributed by atoms with Crippen molar-refractivity contribution in [3.05, 3.63) is 70.5 Å². The van der Waals surface area contributed by atoms with Crippen LogP contribution in [0.2, 0.25) is 10.0 Å². The smallest absolute Gasteiger partial charge is 0.255 e. The summed E-state index contributed by atoms with van der Waals surface area (Å²) in [5.74, 6) is -1.58. The summed E-state index contributed by atoms with van der Waals surface area (Å²) in [6.07, 6.45) is 1.13. The number of hydrogen-bond acceptors (Lipinski definition) is 2. The van der Waals surface area contributed by atoms with Crippen molar-refractivity contribution in [2.45, 2.75) is 0 Å². The van der Waals surface area contributed by atoms with E-state index in [2.05, 4.69) is 17.2 Å². The van der Waals surface area contributed by atoms with Gasteiger partial charge in [-0.15, -0.1) is 0 Å². The molecule has 118 valence electrons. The lowest BCUT2D eigenvalue weighted by atomic mass is 10.2. The fourth-order valence-electron chi connectivity index (χ4n) is 1.71. The molecule has 0 saturated heterocycles. The summed E-state index contributed by atoms with van der Waals surface area (Å²) in [5.41, 5.74) is 0.715. The highest BCUT2D eigenvalue weighted by Crippen LogP contribution is 2.28. The standard InChI is InChI=1S/C16H11Cl2FN2O2/c1-2-15(22)20-10-5-3-9(4-6-10)16(23)21-14-8-12(18)11(17)7-13(14)19/h2-8H,1H2,(H,20,22)(H,21,23). The van der Waals surface area contributed by atoms with Gasteiger partial charge in [0.2, 0.25) is 5.91 Å². The second-order valence-corrected chi connectivity index (χ2v) is 5.29. The van der Waals surface area contributed by atoms with Gasteiger partial charge in [0.05, 0.1) is 15.7 Å². The van der Waals surface area contributed by atoms with Crippen molar-refractivity contribution in [1.29, 1.82) is 0 Å². The quantitative estimate of drug-likeness (QED) is 0.628. The third-order valence-corrected chi connectivity index (χ3v) is 3.58. The van der Waals surface area contributed by atoms with Crippen LogP contribution in [0, 0.1) is 5.82 Å². The maximum atomic E-state index is 13.7. The number of carbonyl (C=O) groups is 2. The number of amides is 2. The average Bonchev–Trinajstić information content (AvgIpc) is 2.53. The summed E-state index contributed by atoms with van der Waals surface area (Å²) >= 11 is 11.5. The molecule has 0 aromatic heterocycles. The fraction of sp³-hybridized carbons (Fsp3) is 0. The Hall–Kier alpha value is -2.37. The summed E-state index contributed by atoms with van der Waals surface area (Å²) < 4.78 is 13.7. The van der Waals surface area contributed by atoms with Gasteiger partial charge in [-0.25, -0.2) is 4.39 Å². The van der Waals surface area contributed by atoms with E-state index in [1.807, 2.05) is 0 Å².